The number of nitrogens with zero attached hydrogens (tertiary/aromatic N) is 1. The van der Waals surface area contributed by atoms with E-state index in [1.165, 1.54) is 0 Å². The molecule has 19 heavy (non-hydrogen) atoms. The highest BCUT2D eigenvalue weighted by molar-refractivity contribution is 6.30. The topological polar surface area (TPSA) is 29.5 Å². The molecule has 1 heterocycles. The van der Waals surface area contributed by atoms with Gasteiger partial charge in [-0.2, -0.15) is 0 Å². The molecule has 1 fully saturated rings. The van der Waals surface area contributed by atoms with Crippen molar-refractivity contribution in [3.8, 4) is 5.75 Å². The summed E-state index contributed by atoms with van der Waals surface area (Å²) in [7, 11) is 0. The van der Waals surface area contributed by atoms with Crippen LogP contribution in [0.2, 0.25) is 5.02 Å². The van der Waals surface area contributed by atoms with Crippen LogP contribution < -0.4 is 4.74 Å². The number of alkyl halides is 1. The molecule has 1 amide bonds. The first-order chi connectivity index (χ1) is 9.11. The van der Waals surface area contributed by atoms with Gasteiger partial charge < -0.3 is 9.64 Å². The largest absolute Gasteiger partial charge is 0.484 e. The van der Waals surface area contributed by atoms with Crippen LogP contribution in [0.15, 0.2) is 24.3 Å². The number of rotatable bonds is 4. The van der Waals surface area contributed by atoms with Crippen molar-refractivity contribution in [3.63, 3.8) is 0 Å². The van der Waals surface area contributed by atoms with E-state index in [4.69, 9.17) is 27.9 Å². The molecule has 1 aliphatic heterocycles. The van der Waals surface area contributed by atoms with Gasteiger partial charge in [-0.15, -0.1) is 11.6 Å². The molecule has 5 heteroatoms. The summed E-state index contributed by atoms with van der Waals surface area (Å²) < 4.78 is 5.47. The van der Waals surface area contributed by atoms with Crippen molar-refractivity contribution in [1.29, 1.82) is 0 Å². The number of carbonyl (C=O) groups excluding carboxylic acids is 1. The number of ether oxygens (including phenoxy) is 1. The summed E-state index contributed by atoms with van der Waals surface area (Å²) in [5.74, 6) is 1.57. The Morgan fingerprint density at radius 1 is 1.42 bits per heavy atom. The molecule has 0 spiro atoms. The number of hydrogen-bond donors (Lipinski definition) is 0. The lowest BCUT2D eigenvalue weighted by atomic mass is 10.1. The molecule has 3 nitrogen and oxygen atoms in total. The Kier molecular flexibility index (Phi) is 4.94. The Hall–Kier alpha value is -0.930. The van der Waals surface area contributed by atoms with Gasteiger partial charge in [0.1, 0.15) is 5.75 Å². The van der Waals surface area contributed by atoms with Crippen molar-refractivity contribution < 1.29 is 9.53 Å². The molecule has 0 aliphatic carbocycles. The molecule has 1 aromatic rings. The van der Waals surface area contributed by atoms with Gasteiger partial charge in [0.05, 0.1) is 0 Å². The van der Waals surface area contributed by atoms with Crippen molar-refractivity contribution >= 4 is 29.1 Å². The molecule has 2 unspecified atom stereocenters. The third-order valence-corrected chi connectivity index (χ3v) is 4.11. The molecule has 0 N–H and O–H groups in total. The molecule has 1 saturated heterocycles. The summed E-state index contributed by atoms with van der Waals surface area (Å²) in [5, 5.41) is 0.647. The average Bonchev–Trinajstić information content (AvgIpc) is 2.79. The highest BCUT2D eigenvalue weighted by Crippen LogP contribution is 2.25. The fraction of sp³-hybridized carbons (Fsp3) is 0.500. The number of amides is 1. The summed E-state index contributed by atoms with van der Waals surface area (Å²) >= 11 is 11.7. The van der Waals surface area contributed by atoms with Crippen LogP contribution >= 0.6 is 23.2 Å². The fourth-order valence-corrected chi connectivity index (χ4v) is 2.91. The van der Waals surface area contributed by atoms with Gasteiger partial charge in [-0.05, 0) is 36.6 Å². The van der Waals surface area contributed by atoms with Gasteiger partial charge in [-0.25, -0.2) is 0 Å². The highest BCUT2D eigenvalue weighted by Gasteiger charge is 2.33. The fourth-order valence-electron chi connectivity index (χ4n) is 2.31. The predicted molar refractivity (Wildman–Crippen MR) is 76.9 cm³/mol. The summed E-state index contributed by atoms with van der Waals surface area (Å²) in [6.45, 7) is 2.93. The van der Waals surface area contributed by atoms with Crippen LogP contribution in [-0.4, -0.2) is 35.9 Å². The first kappa shape index (κ1) is 14.5. The zero-order chi connectivity index (χ0) is 13.8. The summed E-state index contributed by atoms with van der Waals surface area (Å²) in [4.78, 5) is 13.9. The Balaban J connectivity index is 1.89. The summed E-state index contributed by atoms with van der Waals surface area (Å²) in [5.41, 5.74) is 0. The van der Waals surface area contributed by atoms with Gasteiger partial charge >= 0.3 is 0 Å². The van der Waals surface area contributed by atoms with Gasteiger partial charge in [-0.1, -0.05) is 18.5 Å². The van der Waals surface area contributed by atoms with E-state index in [0.29, 0.717) is 22.6 Å². The minimum Gasteiger partial charge on any atom is -0.484 e. The SMILES string of the molecule is CC1CCN(C(=O)COc2ccc(Cl)cc2)C1CCl. The number of carbonyl (C=O) groups is 1. The first-order valence-corrected chi connectivity index (χ1v) is 7.27. The van der Waals surface area contributed by atoms with Crippen LogP contribution in [0.1, 0.15) is 13.3 Å². The molecule has 0 saturated carbocycles. The monoisotopic (exact) mass is 301 g/mol. The molecule has 1 aromatic carbocycles. The Morgan fingerprint density at radius 2 is 2.11 bits per heavy atom. The average molecular weight is 302 g/mol. The van der Waals surface area contributed by atoms with Crippen molar-refractivity contribution in [2.45, 2.75) is 19.4 Å². The van der Waals surface area contributed by atoms with Crippen molar-refractivity contribution in [3.05, 3.63) is 29.3 Å². The Morgan fingerprint density at radius 3 is 2.74 bits per heavy atom. The second-order valence-electron chi connectivity index (χ2n) is 4.82. The number of halogens is 2. The molecule has 2 rings (SSSR count). The lowest BCUT2D eigenvalue weighted by Gasteiger charge is -2.25. The normalized spacial score (nSPS) is 22.6. The lowest BCUT2D eigenvalue weighted by molar-refractivity contribution is -0.134. The molecule has 0 radical (unpaired) electrons. The van der Waals surface area contributed by atoms with E-state index in [-0.39, 0.29) is 18.6 Å². The molecule has 1 aliphatic rings. The van der Waals surface area contributed by atoms with Crippen LogP contribution in [0.25, 0.3) is 0 Å². The van der Waals surface area contributed by atoms with E-state index in [2.05, 4.69) is 6.92 Å². The van der Waals surface area contributed by atoms with Crippen molar-refractivity contribution in [2.24, 2.45) is 5.92 Å². The predicted octanol–water partition coefficient (Wildman–Crippen LogP) is 3.19. The highest BCUT2D eigenvalue weighted by atomic mass is 35.5. The van der Waals surface area contributed by atoms with Crippen LogP contribution in [0.5, 0.6) is 5.75 Å². The molecule has 2 atom stereocenters. The molecular weight excluding hydrogens is 285 g/mol. The minimum absolute atomic E-state index is 0.00931. The van der Waals surface area contributed by atoms with E-state index >= 15 is 0 Å². The third kappa shape index (κ3) is 3.54. The number of hydrogen-bond acceptors (Lipinski definition) is 2. The molecule has 104 valence electrons. The quantitative estimate of drug-likeness (QED) is 0.799. The van der Waals surface area contributed by atoms with E-state index in [0.717, 1.165) is 13.0 Å². The van der Waals surface area contributed by atoms with E-state index in [1.807, 2.05) is 4.90 Å². The summed E-state index contributed by atoms with van der Waals surface area (Å²) in [6.07, 6.45) is 1.00. The zero-order valence-corrected chi connectivity index (χ0v) is 12.3. The number of likely N-dealkylation sites (tertiary alicyclic amines) is 1. The molecule has 0 bridgehead atoms. The number of benzene rings is 1. The van der Waals surface area contributed by atoms with Crippen molar-refractivity contribution in [2.75, 3.05) is 19.0 Å². The maximum absolute atomic E-state index is 12.1. The van der Waals surface area contributed by atoms with Crippen molar-refractivity contribution in [1.82, 2.24) is 4.90 Å². The Labute approximate surface area is 123 Å². The van der Waals surface area contributed by atoms with E-state index in [9.17, 15) is 4.79 Å². The second kappa shape index (κ2) is 6.49. The van der Waals surface area contributed by atoms with Crippen LogP contribution in [0.4, 0.5) is 0 Å². The lowest BCUT2D eigenvalue weighted by Crippen LogP contribution is -2.41. The first-order valence-electron chi connectivity index (χ1n) is 6.35. The minimum atomic E-state index is -0.00931. The van der Waals surface area contributed by atoms with Gasteiger partial charge in [0.25, 0.3) is 5.91 Å². The van der Waals surface area contributed by atoms with Gasteiger partial charge in [-0.3, -0.25) is 4.79 Å². The third-order valence-electron chi connectivity index (χ3n) is 3.54. The van der Waals surface area contributed by atoms with Gasteiger partial charge in [0.2, 0.25) is 0 Å². The van der Waals surface area contributed by atoms with Gasteiger partial charge in [0.15, 0.2) is 6.61 Å². The van der Waals surface area contributed by atoms with E-state index in [1.54, 1.807) is 24.3 Å². The van der Waals surface area contributed by atoms with Crippen LogP contribution in [-0.2, 0) is 4.79 Å². The molecular formula is C14H17Cl2NO2. The maximum Gasteiger partial charge on any atom is 0.260 e. The smallest absolute Gasteiger partial charge is 0.260 e. The zero-order valence-electron chi connectivity index (χ0n) is 10.8. The second-order valence-corrected chi connectivity index (χ2v) is 5.56. The molecule has 0 aromatic heterocycles. The van der Waals surface area contributed by atoms with Crippen LogP contribution in [0.3, 0.4) is 0 Å². The standard InChI is InChI=1S/C14H17Cl2NO2/c1-10-6-7-17(13(10)8-15)14(18)9-19-12-4-2-11(16)3-5-12/h2-5,10,13H,6-9H2,1H3. The van der Waals surface area contributed by atoms with E-state index < -0.39 is 0 Å². The Bertz CT molecular complexity index is 436. The van der Waals surface area contributed by atoms with Gasteiger partial charge in [0, 0.05) is 23.5 Å². The van der Waals surface area contributed by atoms with Crippen LogP contribution in [0, 0.1) is 5.92 Å². The summed E-state index contributed by atoms with van der Waals surface area (Å²) in [6, 6.07) is 7.10. The maximum atomic E-state index is 12.1.